The van der Waals surface area contributed by atoms with Crippen LogP contribution in [0.3, 0.4) is 0 Å². The number of anilines is 1. The number of imide groups is 1. The van der Waals surface area contributed by atoms with Crippen molar-refractivity contribution in [2.45, 2.75) is 19.4 Å². The Labute approximate surface area is 149 Å². The van der Waals surface area contributed by atoms with Crippen LogP contribution in [-0.2, 0) is 25.7 Å². The van der Waals surface area contributed by atoms with Crippen molar-refractivity contribution in [3.63, 3.8) is 0 Å². The van der Waals surface area contributed by atoms with Crippen LogP contribution in [0.25, 0.3) is 0 Å². The lowest BCUT2D eigenvalue weighted by Gasteiger charge is -2.13. The zero-order valence-electron chi connectivity index (χ0n) is 14.2. The van der Waals surface area contributed by atoms with Crippen molar-refractivity contribution < 1.29 is 29.0 Å². The van der Waals surface area contributed by atoms with Gasteiger partial charge in [0.05, 0.1) is 5.69 Å². The standard InChI is InChI=1S/C17H19N3O6/c1-18-17(25)26-10-11-4-5-13(21)12(9-11)19-14(22)3-2-8-20-15(23)6-7-16(20)24/h4-7,9,21H,2-3,8,10H2,1H3,(H,18,25)(H,19,22). The van der Waals surface area contributed by atoms with Gasteiger partial charge in [-0.05, 0) is 24.1 Å². The molecule has 0 aliphatic carbocycles. The summed E-state index contributed by atoms with van der Waals surface area (Å²) < 4.78 is 4.90. The number of alkyl carbamates (subject to hydrolysis) is 1. The zero-order chi connectivity index (χ0) is 19.1. The van der Waals surface area contributed by atoms with Crippen LogP contribution in [-0.4, -0.2) is 47.4 Å². The van der Waals surface area contributed by atoms with Gasteiger partial charge in [0.25, 0.3) is 11.8 Å². The number of hydrogen-bond donors (Lipinski definition) is 3. The molecule has 26 heavy (non-hydrogen) atoms. The predicted octanol–water partition coefficient (Wildman–Crippen LogP) is 0.892. The number of ether oxygens (including phenoxy) is 1. The second-order valence-corrected chi connectivity index (χ2v) is 5.49. The molecule has 0 saturated heterocycles. The first kappa shape index (κ1) is 19.0. The molecule has 0 bridgehead atoms. The van der Waals surface area contributed by atoms with Gasteiger partial charge in [-0.2, -0.15) is 0 Å². The normalized spacial score (nSPS) is 13.0. The average Bonchev–Trinajstić information content (AvgIpc) is 2.94. The lowest BCUT2D eigenvalue weighted by atomic mass is 10.2. The van der Waals surface area contributed by atoms with Crippen LogP contribution >= 0.6 is 0 Å². The molecule has 2 rings (SSSR count). The second kappa shape index (κ2) is 8.65. The Morgan fingerprint density at radius 3 is 2.54 bits per heavy atom. The number of nitrogens with one attached hydrogen (secondary N) is 2. The van der Waals surface area contributed by atoms with Gasteiger partial charge < -0.3 is 20.5 Å². The van der Waals surface area contributed by atoms with E-state index in [-0.39, 0.29) is 36.9 Å². The Bertz CT molecular complexity index is 741. The van der Waals surface area contributed by atoms with Crippen LogP contribution in [0.5, 0.6) is 5.75 Å². The summed E-state index contributed by atoms with van der Waals surface area (Å²) in [7, 11) is 1.43. The third-order valence-corrected chi connectivity index (χ3v) is 3.60. The highest BCUT2D eigenvalue weighted by Gasteiger charge is 2.22. The molecule has 1 heterocycles. The number of carbonyl (C=O) groups excluding carboxylic acids is 4. The van der Waals surface area contributed by atoms with Crippen LogP contribution < -0.4 is 10.6 Å². The fraction of sp³-hybridized carbons (Fsp3) is 0.294. The van der Waals surface area contributed by atoms with Gasteiger partial charge in [0, 0.05) is 32.2 Å². The number of hydrogen-bond acceptors (Lipinski definition) is 6. The van der Waals surface area contributed by atoms with E-state index in [0.717, 1.165) is 4.90 Å². The van der Waals surface area contributed by atoms with Gasteiger partial charge in [0.15, 0.2) is 0 Å². The Kier molecular flexibility index (Phi) is 6.31. The fourth-order valence-electron chi connectivity index (χ4n) is 2.26. The van der Waals surface area contributed by atoms with Crippen molar-refractivity contribution in [3.8, 4) is 5.75 Å². The van der Waals surface area contributed by atoms with E-state index in [0.29, 0.717) is 12.0 Å². The minimum absolute atomic E-state index is 0.0188. The number of carbonyl (C=O) groups is 4. The fourth-order valence-corrected chi connectivity index (χ4v) is 2.26. The highest BCUT2D eigenvalue weighted by Crippen LogP contribution is 2.25. The monoisotopic (exact) mass is 361 g/mol. The largest absolute Gasteiger partial charge is 0.506 e. The van der Waals surface area contributed by atoms with Crippen LogP contribution in [0.4, 0.5) is 10.5 Å². The summed E-state index contributed by atoms with van der Waals surface area (Å²) in [5, 5.41) is 14.7. The molecule has 0 aromatic heterocycles. The first-order chi connectivity index (χ1) is 12.4. The summed E-state index contributed by atoms with van der Waals surface area (Å²) >= 11 is 0. The summed E-state index contributed by atoms with van der Waals surface area (Å²) in [5.41, 5.74) is 0.768. The smallest absolute Gasteiger partial charge is 0.407 e. The maximum atomic E-state index is 12.0. The summed E-state index contributed by atoms with van der Waals surface area (Å²) in [6.45, 7) is 0.124. The molecule has 1 aromatic rings. The van der Waals surface area contributed by atoms with E-state index in [2.05, 4.69) is 10.6 Å². The molecule has 9 nitrogen and oxygen atoms in total. The van der Waals surface area contributed by atoms with Gasteiger partial charge in [-0.15, -0.1) is 0 Å². The van der Waals surface area contributed by atoms with Crippen LogP contribution in [0.15, 0.2) is 30.4 Å². The van der Waals surface area contributed by atoms with Crippen molar-refractivity contribution >= 4 is 29.5 Å². The van der Waals surface area contributed by atoms with Gasteiger partial charge in [-0.3, -0.25) is 19.3 Å². The molecular weight excluding hydrogens is 342 g/mol. The number of amides is 4. The molecule has 0 spiro atoms. The SMILES string of the molecule is CNC(=O)OCc1ccc(O)c(NC(=O)CCCN2C(=O)C=CC2=O)c1. The molecule has 1 aliphatic rings. The molecule has 3 N–H and O–H groups in total. The van der Waals surface area contributed by atoms with Crippen LogP contribution in [0.2, 0.25) is 0 Å². The maximum Gasteiger partial charge on any atom is 0.407 e. The molecule has 138 valence electrons. The van der Waals surface area contributed by atoms with E-state index in [4.69, 9.17) is 4.74 Å². The molecule has 0 fully saturated rings. The molecule has 0 saturated carbocycles. The minimum Gasteiger partial charge on any atom is -0.506 e. The van der Waals surface area contributed by atoms with Gasteiger partial charge in [-0.1, -0.05) is 6.07 Å². The molecule has 1 aromatic carbocycles. The first-order valence-corrected chi connectivity index (χ1v) is 7.90. The first-order valence-electron chi connectivity index (χ1n) is 7.90. The van der Waals surface area contributed by atoms with Gasteiger partial charge >= 0.3 is 6.09 Å². The second-order valence-electron chi connectivity index (χ2n) is 5.49. The molecule has 1 aliphatic heterocycles. The average molecular weight is 361 g/mol. The number of aromatic hydroxyl groups is 1. The Morgan fingerprint density at radius 2 is 1.88 bits per heavy atom. The summed E-state index contributed by atoms with van der Waals surface area (Å²) in [5.74, 6) is -1.29. The Hall–Kier alpha value is -3.36. The van der Waals surface area contributed by atoms with Crippen LogP contribution in [0, 0.1) is 0 Å². The van der Waals surface area contributed by atoms with E-state index < -0.39 is 17.9 Å². The van der Waals surface area contributed by atoms with E-state index in [1.54, 1.807) is 6.07 Å². The molecule has 0 unspecified atom stereocenters. The molecule has 4 amide bonds. The van der Waals surface area contributed by atoms with E-state index in [1.807, 2.05) is 0 Å². The molecule has 0 atom stereocenters. The maximum absolute atomic E-state index is 12.0. The quantitative estimate of drug-likeness (QED) is 0.489. The molecule has 9 heteroatoms. The number of benzene rings is 1. The van der Waals surface area contributed by atoms with Crippen molar-refractivity contribution in [1.29, 1.82) is 0 Å². The van der Waals surface area contributed by atoms with Crippen molar-refractivity contribution in [3.05, 3.63) is 35.9 Å². The van der Waals surface area contributed by atoms with Gasteiger partial charge in [0.1, 0.15) is 12.4 Å². The lowest BCUT2D eigenvalue weighted by molar-refractivity contribution is -0.137. The van der Waals surface area contributed by atoms with E-state index in [9.17, 15) is 24.3 Å². The lowest BCUT2D eigenvalue weighted by Crippen LogP contribution is -2.31. The zero-order valence-corrected chi connectivity index (χ0v) is 14.2. The van der Waals surface area contributed by atoms with Crippen LogP contribution in [0.1, 0.15) is 18.4 Å². The van der Waals surface area contributed by atoms with Gasteiger partial charge in [0.2, 0.25) is 5.91 Å². The van der Waals surface area contributed by atoms with E-state index in [1.165, 1.54) is 31.3 Å². The number of nitrogens with zero attached hydrogens (tertiary/aromatic N) is 1. The topological polar surface area (TPSA) is 125 Å². The summed E-state index contributed by atoms with van der Waals surface area (Å²) in [6.07, 6.45) is 2.14. The third kappa shape index (κ3) is 5.07. The molecule has 0 radical (unpaired) electrons. The summed E-state index contributed by atoms with van der Waals surface area (Å²) in [6, 6.07) is 4.44. The Morgan fingerprint density at radius 1 is 1.19 bits per heavy atom. The van der Waals surface area contributed by atoms with Crippen molar-refractivity contribution in [2.75, 3.05) is 18.9 Å². The van der Waals surface area contributed by atoms with Gasteiger partial charge in [-0.25, -0.2) is 4.79 Å². The summed E-state index contributed by atoms with van der Waals surface area (Å²) in [4.78, 5) is 47.0. The minimum atomic E-state index is -0.593. The highest BCUT2D eigenvalue weighted by atomic mass is 16.5. The predicted molar refractivity (Wildman–Crippen MR) is 91.1 cm³/mol. The Balaban J connectivity index is 1.84. The number of phenolic OH excluding ortho intramolecular Hbond substituents is 1. The van der Waals surface area contributed by atoms with E-state index >= 15 is 0 Å². The third-order valence-electron chi connectivity index (χ3n) is 3.60. The number of phenols is 1. The molecular formula is C17H19N3O6. The number of rotatable bonds is 7. The van der Waals surface area contributed by atoms with Crippen molar-refractivity contribution in [1.82, 2.24) is 10.2 Å². The highest BCUT2D eigenvalue weighted by molar-refractivity contribution is 6.12. The van der Waals surface area contributed by atoms with Crippen molar-refractivity contribution in [2.24, 2.45) is 0 Å².